The van der Waals surface area contributed by atoms with E-state index in [4.69, 9.17) is 0 Å². The van der Waals surface area contributed by atoms with Crippen molar-refractivity contribution < 1.29 is 9.90 Å². The van der Waals surface area contributed by atoms with Crippen LogP contribution in [0.3, 0.4) is 0 Å². The normalized spacial score (nSPS) is 12.3. The van der Waals surface area contributed by atoms with Gasteiger partial charge in [0.15, 0.2) is 0 Å². The van der Waals surface area contributed by atoms with Crippen LogP contribution in [0, 0.1) is 0 Å². The van der Waals surface area contributed by atoms with E-state index in [9.17, 15) is 9.90 Å². The maximum atomic E-state index is 11.0. The van der Waals surface area contributed by atoms with E-state index in [1.807, 2.05) is 6.92 Å². The lowest BCUT2D eigenvalue weighted by molar-refractivity contribution is 0.123. The third-order valence-corrected chi connectivity index (χ3v) is 1.67. The molecule has 4 nitrogen and oxygen atoms in total. The highest BCUT2D eigenvalue weighted by atomic mass is 16.3. The molecule has 0 bridgehead atoms. The van der Waals surface area contributed by atoms with Crippen LogP contribution in [0.1, 0.15) is 19.8 Å². The van der Waals surface area contributed by atoms with Crippen LogP contribution in [-0.2, 0) is 0 Å². The summed E-state index contributed by atoms with van der Waals surface area (Å²) in [6.07, 6.45) is 1.27. The first-order chi connectivity index (χ1) is 5.61. The molecule has 0 radical (unpaired) electrons. The molecule has 0 aromatic rings. The van der Waals surface area contributed by atoms with Gasteiger partial charge in [0.05, 0.1) is 6.10 Å². The molecule has 0 saturated carbocycles. The summed E-state index contributed by atoms with van der Waals surface area (Å²) in [7, 11) is 3.24. The lowest BCUT2D eigenvalue weighted by Crippen LogP contribution is -2.39. The van der Waals surface area contributed by atoms with Crippen molar-refractivity contribution in [1.82, 2.24) is 10.2 Å². The van der Waals surface area contributed by atoms with Crippen LogP contribution in [0.2, 0.25) is 0 Å². The predicted molar refractivity (Wildman–Crippen MR) is 48.0 cm³/mol. The van der Waals surface area contributed by atoms with Crippen LogP contribution in [-0.4, -0.2) is 42.8 Å². The number of amides is 2. The summed E-state index contributed by atoms with van der Waals surface area (Å²) >= 11 is 0. The lowest BCUT2D eigenvalue weighted by atomic mass is 10.2. The summed E-state index contributed by atoms with van der Waals surface area (Å²) in [6, 6.07) is -0.162. The monoisotopic (exact) mass is 174 g/mol. The fraction of sp³-hybridized carbons (Fsp3) is 0.875. The highest BCUT2D eigenvalue weighted by Crippen LogP contribution is 1.98. The van der Waals surface area contributed by atoms with E-state index in [1.54, 1.807) is 14.1 Å². The molecule has 2 N–H and O–H groups in total. The Morgan fingerprint density at radius 1 is 1.67 bits per heavy atom. The van der Waals surface area contributed by atoms with Gasteiger partial charge in [-0.15, -0.1) is 0 Å². The van der Waals surface area contributed by atoms with Crippen molar-refractivity contribution in [2.24, 2.45) is 0 Å². The van der Waals surface area contributed by atoms with Crippen molar-refractivity contribution in [3.05, 3.63) is 0 Å². The predicted octanol–water partition coefficient (Wildman–Crippen LogP) is 0.419. The number of aliphatic hydroxyl groups is 1. The molecule has 1 atom stereocenters. The second kappa shape index (κ2) is 5.83. The van der Waals surface area contributed by atoms with Crippen LogP contribution < -0.4 is 5.32 Å². The molecule has 0 saturated heterocycles. The molecule has 0 rings (SSSR count). The van der Waals surface area contributed by atoms with Gasteiger partial charge in [-0.25, -0.2) is 4.79 Å². The average molecular weight is 174 g/mol. The first-order valence-electron chi connectivity index (χ1n) is 4.22. The van der Waals surface area contributed by atoms with Crippen LogP contribution in [0.25, 0.3) is 0 Å². The van der Waals surface area contributed by atoms with Crippen molar-refractivity contribution in [1.29, 1.82) is 0 Å². The van der Waals surface area contributed by atoms with Crippen LogP contribution in [0.4, 0.5) is 4.79 Å². The molecule has 0 aliphatic carbocycles. The number of nitrogens with zero attached hydrogens (tertiary/aromatic N) is 1. The number of likely N-dealkylation sites (N-methyl/N-ethyl adjacent to an activating group) is 1. The number of carbonyl (C=O) groups excluding carboxylic acids is 1. The maximum absolute atomic E-state index is 11.0. The van der Waals surface area contributed by atoms with Gasteiger partial charge in [-0.3, -0.25) is 0 Å². The van der Waals surface area contributed by atoms with Crippen molar-refractivity contribution in [2.75, 3.05) is 20.6 Å². The van der Waals surface area contributed by atoms with E-state index in [0.29, 0.717) is 6.54 Å². The largest absolute Gasteiger partial charge is 0.391 e. The molecule has 0 aliphatic heterocycles. The van der Waals surface area contributed by atoms with E-state index < -0.39 is 6.10 Å². The van der Waals surface area contributed by atoms with Crippen molar-refractivity contribution >= 4 is 6.03 Å². The molecule has 0 spiro atoms. The van der Waals surface area contributed by atoms with E-state index in [0.717, 1.165) is 12.8 Å². The highest BCUT2D eigenvalue weighted by molar-refractivity contribution is 5.73. The minimum Gasteiger partial charge on any atom is -0.391 e. The van der Waals surface area contributed by atoms with Crippen molar-refractivity contribution in [2.45, 2.75) is 25.9 Å². The molecular formula is C8H18N2O2. The second-order valence-corrected chi connectivity index (χ2v) is 2.88. The molecule has 0 aromatic carbocycles. The van der Waals surface area contributed by atoms with Gasteiger partial charge >= 0.3 is 6.03 Å². The summed E-state index contributed by atoms with van der Waals surface area (Å²) in [4.78, 5) is 12.4. The van der Waals surface area contributed by atoms with Crippen molar-refractivity contribution in [3.8, 4) is 0 Å². The standard InChI is InChI=1S/C8H18N2O2/c1-4-5-7(11)6-10(3)8(12)9-2/h7,11H,4-6H2,1-3H3,(H,9,12). The number of rotatable bonds is 4. The fourth-order valence-corrected chi connectivity index (χ4v) is 1.01. The third-order valence-electron chi connectivity index (χ3n) is 1.67. The molecule has 4 heteroatoms. The molecular weight excluding hydrogens is 156 g/mol. The lowest BCUT2D eigenvalue weighted by Gasteiger charge is -2.19. The zero-order valence-corrected chi connectivity index (χ0v) is 8.00. The van der Waals surface area contributed by atoms with E-state index >= 15 is 0 Å². The molecule has 72 valence electrons. The Hall–Kier alpha value is -0.770. The minimum absolute atomic E-state index is 0.162. The average Bonchev–Trinajstić information content (AvgIpc) is 2.03. The van der Waals surface area contributed by atoms with Gasteiger partial charge in [0.25, 0.3) is 0 Å². The van der Waals surface area contributed by atoms with E-state index in [2.05, 4.69) is 5.32 Å². The Kier molecular flexibility index (Phi) is 5.45. The van der Waals surface area contributed by atoms with Crippen LogP contribution in [0.5, 0.6) is 0 Å². The van der Waals surface area contributed by atoms with Gasteiger partial charge in [0.1, 0.15) is 0 Å². The Morgan fingerprint density at radius 2 is 2.25 bits per heavy atom. The van der Waals surface area contributed by atoms with Crippen LogP contribution >= 0.6 is 0 Å². The molecule has 0 fully saturated rings. The van der Waals surface area contributed by atoms with Gasteiger partial charge in [-0.2, -0.15) is 0 Å². The van der Waals surface area contributed by atoms with E-state index in [1.165, 1.54) is 4.90 Å². The summed E-state index contributed by atoms with van der Waals surface area (Å²) < 4.78 is 0. The molecule has 0 aliphatic rings. The first kappa shape index (κ1) is 11.2. The number of hydrogen-bond acceptors (Lipinski definition) is 2. The quantitative estimate of drug-likeness (QED) is 0.649. The van der Waals surface area contributed by atoms with Gasteiger partial charge < -0.3 is 15.3 Å². The zero-order chi connectivity index (χ0) is 9.56. The second-order valence-electron chi connectivity index (χ2n) is 2.88. The van der Waals surface area contributed by atoms with E-state index in [-0.39, 0.29) is 6.03 Å². The number of aliphatic hydroxyl groups excluding tert-OH is 1. The highest BCUT2D eigenvalue weighted by Gasteiger charge is 2.10. The number of hydrogen-bond donors (Lipinski definition) is 2. The Balaban J connectivity index is 3.67. The smallest absolute Gasteiger partial charge is 0.316 e. The molecule has 12 heavy (non-hydrogen) atoms. The SMILES string of the molecule is CCCC(O)CN(C)C(=O)NC. The van der Waals surface area contributed by atoms with Gasteiger partial charge in [0.2, 0.25) is 0 Å². The Labute approximate surface area is 73.6 Å². The number of carbonyl (C=O) groups is 1. The molecule has 1 unspecified atom stereocenters. The number of urea groups is 1. The molecule has 0 aromatic heterocycles. The zero-order valence-electron chi connectivity index (χ0n) is 8.00. The number of nitrogens with one attached hydrogen (secondary N) is 1. The summed E-state index contributed by atoms with van der Waals surface area (Å²) in [5.74, 6) is 0. The minimum atomic E-state index is -0.405. The first-order valence-corrected chi connectivity index (χ1v) is 4.22. The topological polar surface area (TPSA) is 52.6 Å². The van der Waals surface area contributed by atoms with Gasteiger partial charge in [0, 0.05) is 20.6 Å². The van der Waals surface area contributed by atoms with Gasteiger partial charge in [-0.05, 0) is 6.42 Å². The Morgan fingerprint density at radius 3 is 2.67 bits per heavy atom. The fourth-order valence-electron chi connectivity index (χ4n) is 1.01. The molecule has 2 amide bonds. The van der Waals surface area contributed by atoms with Gasteiger partial charge in [-0.1, -0.05) is 13.3 Å². The maximum Gasteiger partial charge on any atom is 0.316 e. The van der Waals surface area contributed by atoms with Crippen molar-refractivity contribution in [3.63, 3.8) is 0 Å². The summed E-state index contributed by atoms with van der Waals surface area (Å²) in [5.41, 5.74) is 0. The summed E-state index contributed by atoms with van der Waals surface area (Å²) in [6.45, 7) is 2.40. The van der Waals surface area contributed by atoms with Crippen LogP contribution in [0.15, 0.2) is 0 Å². The third kappa shape index (κ3) is 4.18. The Bertz CT molecular complexity index is 139. The summed E-state index contributed by atoms with van der Waals surface area (Å²) in [5, 5.41) is 11.8. The molecule has 0 heterocycles.